The van der Waals surface area contributed by atoms with E-state index in [4.69, 9.17) is 14.7 Å². The number of aromatic nitrogens is 7. The van der Waals surface area contributed by atoms with Gasteiger partial charge in [0, 0.05) is 29.7 Å². The minimum atomic E-state index is 0.470. The van der Waals surface area contributed by atoms with Gasteiger partial charge in [0.05, 0.1) is 28.4 Å². The quantitative estimate of drug-likeness (QED) is 0.284. The van der Waals surface area contributed by atoms with Crippen molar-refractivity contribution in [2.45, 2.75) is 6.61 Å². The molecule has 0 spiro atoms. The Kier molecular flexibility index (Phi) is 5.33. The molecule has 2 N–H and O–H groups in total. The van der Waals surface area contributed by atoms with Crippen molar-refractivity contribution in [3.8, 4) is 39.7 Å². The monoisotopic (exact) mass is 495 g/mol. The first-order chi connectivity index (χ1) is 18.8. The Morgan fingerprint density at radius 2 is 1.61 bits per heavy atom. The number of H-pyrrole nitrogens is 2. The maximum absolute atomic E-state index is 5.97. The van der Waals surface area contributed by atoms with Gasteiger partial charge in [0.1, 0.15) is 17.9 Å². The number of hydrogen-bond acceptors (Lipinski definition) is 6. The van der Waals surface area contributed by atoms with Gasteiger partial charge < -0.3 is 9.72 Å². The molecular formula is C30H21N7O. The second kappa shape index (κ2) is 9.25. The lowest BCUT2D eigenvalue weighted by Crippen LogP contribution is -1.96. The van der Waals surface area contributed by atoms with Crippen LogP contribution >= 0.6 is 0 Å². The van der Waals surface area contributed by atoms with Crippen LogP contribution in [0, 0.1) is 0 Å². The predicted molar refractivity (Wildman–Crippen MR) is 146 cm³/mol. The van der Waals surface area contributed by atoms with Gasteiger partial charge in [-0.2, -0.15) is 5.10 Å². The molecule has 8 nitrogen and oxygen atoms in total. The van der Waals surface area contributed by atoms with Crippen molar-refractivity contribution >= 4 is 22.1 Å². The average Bonchev–Trinajstić information content (AvgIpc) is 3.61. The third-order valence-electron chi connectivity index (χ3n) is 6.39. The number of pyridine rings is 3. The van der Waals surface area contributed by atoms with Crippen LogP contribution in [0.25, 0.3) is 56.0 Å². The highest BCUT2D eigenvalue weighted by Gasteiger charge is 2.17. The first-order valence-corrected chi connectivity index (χ1v) is 12.2. The number of para-hydroxylation sites is 1. The minimum Gasteiger partial charge on any atom is -0.487 e. The molecule has 2 aromatic carbocycles. The van der Waals surface area contributed by atoms with Gasteiger partial charge in [-0.15, -0.1) is 0 Å². The van der Waals surface area contributed by atoms with E-state index in [0.29, 0.717) is 23.9 Å². The number of nitrogens with zero attached hydrogens (tertiary/aromatic N) is 5. The van der Waals surface area contributed by atoms with Crippen molar-refractivity contribution < 1.29 is 4.74 Å². The molecule has 7 aromatic rings. The zero-order chi connectivity index (χ0) is 25.3. The lowest BCUT2D eigenvalue weighted by Gasteiger charge is -2.08. The van der Waals surface area contributed by atoms with Crippen LogP contribution in [0.15, 0.2) is 104 Å². The van der Waals surface area contributed by atoms with Crippen LogP contribution in [0.5, 0.6) is 5.75 Å². The second-order valence-electron chi connectivity index (χ2n) is 8.87. The Bertz CT molecular complexity index is 1880. The number of aromatic amines is 2. The van der Waals surface area contributed by atoms with Gasteiger partial charge >= 0.3 is 0 Å². The van der Waals surface area contributed by atoms with Crippen molar-refractivity contribution in [2.75, 3.05) is 0 Å². The SMILES string of the molecule is c1ccc(COc2cncc(-c3ccc4[nH]nc(-c5nc6c(-c7ccncc7)cccc6[nH]5)c4n3)c2)cc1. The minimum absolute atomic E-state index is 0.470. The van der Waals surface area contributed by atoms with E-state index in [9.17, 15) is 0 Å². The van der Waals surface area contributed by atoms with Gasteiger partial charge in [-0.3, -0.25) is 15.1 Å². The molecule has 5 aromatic heterocycles. The molecule has 0 amide bonds. The van der Waals surface area contributed by atoms with Crippen molar-refractivity contribution in [3.05, 3.63) is 109 Å². The lowest BCUT2D eigenvalue weighted by molar-refractivity contribution is 0.305. The van der Waals surface area contributed by atoms with Crippen molar-refractivity contribution in [3.63, 3.8) is 0 Å². The normalized spacial score (nSPS) is 11.3. The van der Waals surface area contributed by atoms with Crippen LogP contribution in [0.2, 0.25) is 0 Å². The molecule has 7 rings (SSSR count). The van der Waals surface area contributed by atoms with Crippen molar-refractivity contribution in [1.29, 1.82) is 0 Å². The smallest absolute Gasteiger partial charge is 0.161 e. The van der Waals surface area contributed by atoms with Crippen LogP contribution < -0.4 is 4.74 Å². The zero-order valence-corrected chi connectivity index (χ0v) is 20.2. The molecule has 0 unspecified atom stereocenters. The number of imidazole rings is 1. The number of rotatable bonds is 6. The summed E-state index contributed by atoms with van der Waals surface area (Å²) in [5, 5.41) is 7.63. The Balaban J connectivity index is 1.24. The topological polar surface area (TPSA) is 105 Å². The Morgan fingerprint density at radius 1 is 0.711 bits per heavy atom. The number of benzene rings is 2. The van der Waals surface area contributed by atoms with Gasteiger partial charge in [0.15, 0.2) is 11.5 Å². The van der Waals surface area contributed by atoms with Gasteiger partial charge in [0.25, 0.3) is 0 Å². The molecule has 0 saturated heterocycles. The highest BCUT2D eigenvalue weighted by atomic mass is 16.5. The summed E-state index contributed by atoms with van der Waals surface area (Å²) in [5.41, 5.74) is 8.80. The largest absolute Gasteiger partial charge is 0.487 e. The van der Waals surface area contributed by atoms with E-state index < -0.39 is 0 Å². The molecule has 0 aliphatic rings. The fourth-order valence-corrected chi connectivity index (χ4v) is 4.51. The molecule has 0 saturated carbocycles. The average molecular weight is 496 g/mol. The van der Waals surface area contributed by atoms with E-state index in [-0.39, 0.29) is 0 Å². The van der Waals surface area contributed by atoms with Crippen LogP contribution in [-0.2, 0) is 6.61 Å². The Morgan fingerprint density at radius 3 is 2.50 bits per heavy atom. The highest BCUT2D eigenvalue weighted by molar-refractivity contribution is 5.96. The van der Waals surface area contributed by atoms with Gasteiger partial charge in [0.2, 0.25) is 0 Å². The number of ether oxygens (including phenoxy) is 1. The van der Waals surface area contributed by atoms with E-state index in [1.165, 1.54) is 0 Å². The second-order valence-corrected chi connectivity index (χ2v) is 8.87. The maximum atomic E-state index is 5.97. The Labute approximate surface area is 217 Å². The van der Waals surface area contributed by atoms with Crippen LogP contribution in [-0.4, -0.2) is 35.1 Å². The molecule has 0 aliphatic carbocycles. The predicted octanol–water partition coefficient (Wildman–Crippen LogP) is 6.20. The summed E-state index contributed by atoms with van der Waals surface area (Å²) in [5.74, 6) is 1.33. The zero-order valence-electron chi connectivity index (χ0n) is 20.2. The van der Waals surface area contributed by atoms with Crippen LogP contribution in [0.4, 0.5) is 0 Å². The molecule has 8 heteroatoms. The highest BCUT2D eigenvalue weighted by Crippen LogP contribution is 2.32. The summed E-state index contributed by atoms with van der Waals surface area (Å²) in [6.07, 6.45) is 7.06. The molecular weight excluding hydrogens is 474 g/mol. The standard InChI is InChI=1S/C30H21N7O/c1-2-5-19(6-3-1)18-38-22-15-21(16-32-17-22)24-9-10-26-28(33-24)29(37-36-26)30-34-25-8-4-7-23(27(25)35-30)20-11-13-31-14-12-20/h1-17H,18H2,(H,34,35)(H,36,37). The van der Waals surface area contributed by atoms with E-state index in [1.54, 1.807) is 24.8 Å². The van der Waals surface area contributed by atoms with Crippen LogP contribution in [0.3, 0.4) is 0 Å². The van der Waals surface area contributed by atoms with E-state index in [1.807, 2.05) is 72.8 Å². The summed E-state index contributed by atoms with van der Waals surface area (Å²) in [6, 6.07) is 26.0. The fraction of sp³-hybridized carbons (Fsp3) is 0.0333. The lowest BCUT2D eigenvalue weighted by atomic mass is 10.1. The van der Waals surface area contributed by atoms with Gasteiger partial charge in [-0.1, -0.05) is 42.5 Å². The number of hydrogen-bond donors (Lipinski definition) is 2. The third-order valence-corrected chi connectivity index (χ3v) is 6.39. The molecule has 0 fully saturated rings. The van der Waals surface area contributed by atoms with Crippen molar-refractivity contribution in [2.24, 2.45) is 0 Å². The first-order valence-electron chi connectivity index (χ1n) is 12.2. The van der Waals surface area contributed by atoms with Gasteiger partial charge in [-0.05, 0) is 47.5 Å². The van der Waals surface area contributed by atoms with Crippen molar-refractivity contribution in [1.82, 2.24) is 35.1 Å². The number of nitrogens with one attached hydrogen (secondary N) is 2. The number of fused-ring (bicyclic) bond motifs is 2. The summed E-state index contributed by atoms with van der Waals surface area (Å²) >= 11 is 0. The van der Waals surface area contributed by atoms with E-state index in [2.05, 4.69) is 31.2 Å². The molecule has 38 heavy (non-hydrogen) atoms. The molecule has 5 heterocycles. The van der Waals surface area contributed by atoms with E-state index >= 15 is 0 Å². The summed E-state index contributed by atoms with van der Waals surface area (Å²) in [7, 11) is 0. The molecule has 0 radical (unpaired) electrons. The molecule has 0 aliphatic heterocycles. The molecule has 0 bridgehead atoms. The molecule has 182 valence electrons. The maximum Gasteiger partial charge on any atom is 0.161 e. The first kappa shape index (κ1) is 21.9. The molecule has 0 atom stereocenters. The fourth-order valence-electron chi connectivity index (χ4n) is 4.51. The summed E-state index contributed by atoms with van der Waals surface area (Å²) in [6.45, 7) is 0.470. The van der Waals surface area contributed by atoms with E-state index in [0.717, 1.165) is 50.0 Å². The van der Waals surface area contributed by atoms with Gasteiger partial charge in [-0.25, -0.2) is 9.97 Å². The summed E-state index contributed by atoms with van der Waals surface area (Å²) < 4.78 is 5.97. The third kappa shape index (κ3) is 4.04. The Hall–Kier alpha value is -5.37. The summed E-state index contributed by atoms with van der Waals surface area (Å²) in [4.78, 5) is 21.8. The van der Waals surface area contributed by atoms with Crippen LogP contribution in [0.1, 0.15) is 5.56 Å².